The molecule has 3 atom stereocenters. The van der Waals surface area contributed by atoms with E-state index in [1.807, 2.05) is 13.0 Å². The number of ether oxygens (including phenoxy) is 1. The molecule has 44 heavy (non-hydrogen) atoms. The van der Waals surface area contributed by atoms with E-state index < -0.39 is 83.0 Å². The van der Waals surface area contributed by atoms with Gasteiger partial charge in [0.05, 0.1) is 6.04 Å². The fourth-order valence-electron chi connectivity index (χ4n) is 4.61. The van der Waals surface area contributed by atoms with Crippen LogP contribution in [-0.4, -0.2) is 54.6 Å². The summed E-state index contributed by atoms with van der Waals surface area (Å²) in [4.78, 5) is 64.1. The maximum absolute atomic E-state index is 14.1. The van der Waals surface area contributed by atoms with Gasteiger partial charge < -0.3 is 26.0 Å². The molecule has 10 nitrogen and oxygen atoms in total. The summed E-state index contributed by atoms with van der Waals surface area (Å²) in [5.41, 5.74) is 2.02. The zero-order chi connectivity index (χ0) is 32.7. The van der Waals surface area contributed by atoms with Crippen molar-refractivity contribution in [2.45, 2.75) is 59.0 Å². The Morgan fingerprint density at radius 1 is 0.977 bits per heavy atom. The summed E-state index contributed by atoms with van der Waals surface area (Å²) in [6, 6.07) is 2.36. The van der Waals surface area contributed by atoms with Crippen molar-refractivity contribution in [1.29, 1.82) is 0 Å². The Bertz CT molecular complexity index is 1420. The van der Waals surface area contributed by atoms with Crippen LogP contribution in [0.1, 0.15) is 44.2 Å². The lowest BCUT2D eigenvalue weighted by atomic mass is 9.95. The highest BCUT2D eigenvalue weighted by atomic mass is 19.2. The standard InChI is InChI=1S/C30H34F4N4O6/c1-14(2)10-22(38-30(43)29(42)36-20-7-5-6-15(3)16(20)4)28(41)37-21(11-17-8-9-35-27(17)40)23(39)13-44-26-24(33)18(31)12-19(32)25(26)34/h5-7,12,14,17,21-22H,8-11,13H2,1-4H3,(H,35,40)(H,36,42)(H,37,41)(H,38,43)/t17-,21-,22-/m0/s1. The highest BCUT2D eigenvalue weighted by Gasteiger charge is 2.34. The van der Waals surface area contributed by atoms with E-state index in [-0.39, 0.29) is 24.8 Å². The number of hydrogen-bond donors (Lipinski definition) is 4. The number of carbonyl (C=O) groups is 5. The number of amides is 4. The Morgan fingerprint density at radius 2 is 1.64 bits per heavy atom. The summed E-state index contributed by atoms with van der Waals surface area (Å²) >= 11 is 0. The molecule has 0 unspecified atom stereocenters. The first-order valence-corrected chi connectivity index (χ1v) is 13.9. The van der Waals surface area contributed by atoms with E-state index in [1.165, 1.54) is 0 Å². The van der Waals surface area contributed by atoms with Gasteiger partial charge in [-0.1, -0.05) is 26.0 Å². The van der Waals surface area contributed by atoms with Gasteiger partial charge in [0.2, 0.25) is 23.4 Å². The van der Waals surface area contributed by atoms with E-state index in [2.05, 4.69) is 21.3 Å². The van der Waals surface area contributed by atoms with Gasteiger partial charge in [-0.15, -0.1) is 0 Å². The zero-order valence-corrected chi connectivity index (χ0v) is 24.6. The molecule has 1 aliphatic heterocycles. The molecular formula is C30H34F4N4O6. The maximum Gasteiger partial charge on any atom is 0.313 e. The molecule has 0 radical (unpaired) electrons. The quantitative estimate of drug-likeness (QED) is 0.163. The van der Waals surface area contributed by atoms with Gasteiger partial charge in [0.25, 0.3) is 0 Å². The van der Waals surface area contributed by atoms with Gasteiger partial charge in [0.1, 0.15) is 12.6 Å². The smallest absolute Gasteiger partial charge is 0.313 e. The number of carbonyl (C=O) groups excluding carboxylic acids is 5. The third-order valence-corrected chi connectivity index (χ3v) is 7.21. The Balaban J connectivity index is 1.77. The third kappa shape index (κ3) is 8.54. The van der Waals surface area contributed by atoms with Crippen molar-refractivity contribution in [3.05, 3.63) is 58.7 Å². The number of benzene rings is 2. The van der Waals surface area contributed by atoms with Crippen LogP contribution < -0.4 is 26.0 Å². The fourth-order valence-corrected chi connectivity index (χ4v) is 4.61. The van der Waals surface area contributed by atoms with Gasteiger partial charge in [-0.05, 0) is 56.2 Å². The second-order valence-corrected chi connectivity index (χ2v) is 11.0. The molecule has 1 aliphatic rings. The summed E-state index contributed by atoms with van der Waals surface area (Å²) in [7, 11) is 0. The molecule has 0 bridgehead atoms. The van der Waals surface area contributed by atoms with Gasteiger partial charge in [0, 0.05) is 24.2 Å². The van der Waals surface area contributed by atoms with Crippen LogP contribution in [0.25, 0.3) is 0 Å². The van der Waals surface area contributed by atoms with Crippen molar-refractivity contribution in [2.24, 2.45) is 11.8 Å². The Labute approximate surface area is 251 Å². The minimum atomic E-state index is -1.86. The van der Waals surface area contributed by atoms with Crippen molar-refractivity contribution in [2.75, 3.05) is 18.5 Å². The van der Waals surface area contributed by atoms with E-state index in [0.717, 1.165) is 11.1 Å². The molecule has 2 aromatic carbocycles. The molecule has 1 saturated heterocycles. The molecule has 1 fully saturated rings. The van der Waals surface area contributed by atoms with Gasteiger partial charge in [-0.3, -0.25) is 24.0 Å². The Morgan fingerprint density at radius 3 is 2.23 bits per heavy atom. The van der Waals surface area contributed by atoms with Crippen LogP contribution in [0.3, 0.4) is 0 Å². The summed E-state index contributed by atoms with van der Waals surface area (Å²) in [6.07, 6.45) is 0.134. The average molecular weight is 623 g/mol. The molecule has 0 saturated carbocycles. The number of Topliss-reactive ketones (excluding diaryl/α,β-unsaturated/α-hetero) is 1. The van der Waals surface area contributed by atoms with Crippen LogP contribution in [0.15, 0.2) is 24.3 Å². The van der Waals surface area contributed by atoms with Crippen molar-refractivity contribution in [1.82, 2.24) is 16.0 Å². The predicted octanol–water partition coefficient (Wildman–Crippen LogP) is 2.99. The summed E-state index contributed by atoms with van der Waals surface area (Å²) in [5, 5.41) is 9.89. The molecule has 0 aromatic heterocycles. The predicted molar refractivity (Wildman–Crippen MR) is 150 cm³/mol. The molecule has 2 aromatic rings. The van der Waals surface area contributed by atoms with Gasteiger partial charge in [-0.2, -0.15) is 8.78 Å². The van der Waals surface area contributed by atoms with E-state index in [0.29, 0.717) is 18.7 Å². The van der Waals surface area contributed by atoms with Crippen molar-refractivity contribution in [3.63, 3.8) is 0 Å². The monoisotopic (exact) mass is 622 g/mol. The molecular weight excluding hydrogens is 588 g/mol. The summed E-state index contributed by atoms with van der Waals surface area (Å²) < 4.78 is 60.1. The van der Waals surface area contributed by atoms with Crippen LogP contribution in [0.4, 0.5) is 23.2 Å². The number of anilines is 1. The normalized spacial score (nSPS) is 15.8. The summed E-state index contributed by atoms with van der Waals surface area (Å²) in [6.45, 7) is 6.30. The molecule has 238 valence electrons. The lowest BCUT2D eigenvalue weighted by molar-refractivity contribution is -0.138. The first kappa shape index (κ1) is 34.0. The second kappa shape index (κ2) is 14.8. The average Bonchev–Trinajstić information content (AvgIpc) is 3.37. The fraction of sp³-hybridized carbons (Fsp3) is 0.433. The van der Waals surface area contributed by atoms with E-state index in [9.17, 15) is 41.5 Å². The van der Waals surface area contributed by atoms with Gasteiger partial charge >= 0.3 is 11.8 Å². The third-order valence-electron chi connectivity index (χ3n) is 7.21. The second-order valence-electron chi connectivity index (χ2n) is 11.0. The van der Waals surface area contributed by atoms with Crippen molar-refractivity contribution >= 4 is 35.1 Å². The molecule has 0 aliphatic carbocycles. The Hall–Kier alpha value is -4.49. The number of ketones is 1. The van der Waals surface area contributed by atoms with Gasteiger partial charge in [0.15, 0.2) is 23.2 Å². The number of rotatable bonds is 12. The molecule has 4 amide bonds. The molecule has 3 rings (SSSR count). The van der Waals surface area contributed by atoms with Crippen LogP contribution in [-0.2, 0) is 24.0 Å². The van der Waals surface area contributed by atoms with Crippen LogP contribution in [0.2, 0.25) is 0 Å². The Kier molecular flexibility index (Phi) is 11.4. The minimum absolute atomic E-state index is 0.0213. The number of nitrogens with one attached hydrogen (secondary N) is 4. The lowest BCUT2D eigenvalue weighted by Crippen LogP contribution is -2.54. The number of hydrogen-bond acceptors (Lipinski definition) is 6. The maximum atomic E-state index is 14.1. The van der Waals surface area contributed by atoms with E-state index >= 15 is 0 Å². The number of aryl methyl sites for hydroxylation is 1. The topological polar surface area (TPSA) is 143 Å². The first-order valence-electron chi connectivity index (χ1n) is 13.9. The lowest BCUT2D eigenvalue weighted by Gasteiger charge is -2.25. The van der Waals surface area contributed by atoms with Crippen LogP contribution in [0.5, 0.6) is 5.75 Å². The largest absolute Gasteiger partial charge is 0.479 e. The molecule has 14 heteroatoms. The molecule has 4 N–H and O–H groups in total. The van der Waals surface area contributed by atoms with Crippen molar-refractivity contribution < 1.29 is 46.3 Å². The van der Waals surface area contributed by atoms with Gasteiger partial charge in [-0.25, -0.2) is 8.78 Å². The SMILES string of the molecule is Cc1cccc(NC(=O)C(=O)N[C@@H](CC(C)C)C(=O)N[C@@H](C[C@@H]2CCNC2=O)C(=O)COc2c(F)c(F)cc(F)c2F)c1C. The van der Waals surface area contributed by atoms with Crippen molar-refractivity contribution in [3.8, 4) is 5.75 Å². The molecule has 1 heterocycles. The highest BCUT2D eigenvalue weighted by Crippen LogP contribution is 2.27. The summed E-state index contributed by atoms with van der Waals surface area (Å²) in [5.74, 6) is -13.9. The minimum Gasteiger partial charge on any atom is -0.479 e. The zero-order valence-electron chi connectivity index (χ0n) is 24.6. The first-order chi connectivity index (χ1) is 20.7. The molecule has 0 spiro atoms. The van der Waals surface area contributed by atoms with Crippen LogP contribution >= 0.6 is 0 Å². The highest BCUT2D eigenvalue weighted by molar-refractivity contribution is 6.40. The van der Waals surface area contributed by atoms with E-state index in [4.69, 9.17) is 4.74 Å². The van der Waals surface area contributed by atoms with E-state index in [1.54, 1.807) is 32.9 Å². The van der Waals surface area contributed by atoms with Crippen LogP contribution in [0, 0.1) is 49.0 Å². The number of halogens is 4.